The average Bonchev–Trinajstić information content (AvgIpc) is 2.76. The van der Waals surface area contributed by atoms with Gasteiger partial charge in [-0.1, -0.05) is 74.3 Å². The number of hydrogen-bond acceptors (Lipinski definition) is 3. The highest BCUT2D eigenvalue weighted by molar-refractivity contribution is 6.32. The Kier molecular flexibility index (Phi) is 8.36. The molecule has 0 aliphatic rings. The Morgan fingerprint density at radius 1 is 1.06 bits per heavy atom. The number of nitrogen functional groups attached to an aromatic ring is 1. The van der Waals surface area contributed by atoms with Gasteiger partial charge in [0.25, 0.3) is 0 Å². The summed E-state index contributed by atoms with van der Waals surface area (Å²) in [6, 6.07) is 13.6. The molecule has 0 saturated heterocycles. The Hall–Kier alpha value is -2.07. The Labute approximate surface area is 195 Å². The van der Waals surface area contributed by atoms with Gasteiger partial charge < -0.3 is 10.6 Å². The fourth-order valence-corrected chi connectivity index (χ4v) is 4.41. The van der Waals surface area contributed by atoms with Crippen molar-refractivity contribution in [3.8, 4) is 0 Å². The van der Waals surface area contributed by atoms with Crippen molar-refractivity contribution in [2.45, 2.75) is 39.5 Å². The van der Waals surface area contributed by atoms with Crippen molar-refractivity contribution >= 4 is 51.9 Å². The summed E-state index contributed by atoms with van der Waals surface area (Å²) >= 11 is 12.6. The molecule has 3 aromatic rings. The molecule has 0 spiro atoms. The maximum absolute atomic E-state index is 6.68. The molecule has 3 nitrogen and oxygen atoms in total. The van der Waals surface area contributed by atoms with E-state index in [4.69, 9.17) is 33.9 Å². The third-order valence-corrected chi connectivity index (χ3v) is 6.46. The number of anilines is 1. The van der Waals surface area contributed by atoms with Gasteiger partial charge in [0.2, 0.25) is 0 Å². The Balaban J connectivity index is 1.97. The predicted molar refractivity (Wildman–Crippen MR) is 137 cm³/mol. The second-order valence-corrected chi connectivity index (χ2v) is 8.75. The molecule has 0 radical (unpaired) electrons. The van der Waals surface area contributed by atoms with E-state index in [1.807, 2.05) is 54.6 Å². The van der Waals surface area contributed by atoms with Crippen LogP contribution in [0, 0.1) is 0 Å². The third kappa shape index (κ3) is 5.79. The number of benzene rings is 2. The molecule has 0 saturated carbocycles. The van der Waals surface area contributed by atoms with Gasteiger partial charge in [-0.3, -0.25) is 0 Å². The Morgan fingerprint density at radius 2 is 1.81 bits per heavy atom. The van der Waals surface area contributed by atoms with Crippen molar-refractivity contribution in [2.24, 2.45) is 0 Å². The van der Waals surface area contributed by atoms with E-state index in [9.17, 15) is 0 Å². The molecule has 0 bridgehead atoms. The molecule has 3 rings (SSSR count). The predicted octanol–water partition coefficient (Wildman–Crippen LogP) is 7.52. The highest BCUT2D eigenvalue weighted by Gasteiger charge is 2.17. The van der Waals surface area contributed by atoms with Crippen LogP contribution in [0.5, 0.6) is 0 Å². The average molecular weight is 456 g/mol. The van der Waals surface area contributed by atoms with Crippen LogP contribution in [0.4, 0.5) is 5.69 Å². The van der Waals surface area contributed by atoms with Crippen molar-refractivity contribution in [1.29, 1.82) is 0 Å². The minimum Gasteiger partial charge on any atom is -0.397 e. The lowest BCUT2D eigenvalue weighted by Gasteiger charge is -2.21. The molecule has 164 valence electrons. The van der Waals surface area contributed by atoms with Crippen LogP contribution in [0.3, 0.4) is 0 Å². The van der Waals surface area contributed by atoms with E-state index in [0.717, 1.165) is 65.9 Å². The maximum atomic E-state index is 6.68. The first kappa shape index (κ1) is 23.6. The highest BCUT2D eigenvalue weighted by Crippen LogP contribution is 2.36. The van der Waals surface area contributed by atoms with Crippen LogP contribution in [0.2, 0.25) is 10.0 Å². The van der Waals surface area contributed by atoms with Crippen molar-refractivity contribution in [1.82, 2.24) is 9.88 Å². The van der Waals surface area contributed by atoms with Crippen molar-refractivity contribution in [3.05, 3.63) is 69.3 Å². The van der Waals surface area contributed by atoms with Gasteiger partial charge >= 0.3 is 0 Å². The van der Waals surface area contributed by atoms with Gasteiger partial charge in [-0.25, -0.2) is 4.98 Å². The molecule has 1 heterocycles. The van der Waals surface area contributed by atoms with Crippen molar-refractivity contribution in [2.75, 3.05) is 25.4 Å². The van der Waals surface area contributed by atoms with E-state index < -0.39 is 0 Å². The summed E-state index contributed by atoms with van der Waals surface area (Å²) in [5.41, 5.74) is 11.1. The third-order valence-electron chi connectivity index (χ3n) is 5.88. The minimum atomic E-state index is 0.315. The van der Waals surface area contributed by atoms with Gasteiger partial charge in [-0.05, 0) is 73.8 Å². The number of nitrogens with zero attached hydrogens (tertiary/aromatic N) is 2. The normalized spacial score (nSPS) is 12.8. The van der Waals surface area contributed by atoms with Crippen molar-refractivity contribution in [3.63, 3.8) is 0 Å². The van der Waals surface area contributed by atoms with Crippen LogP contribution in [0.25, 0.3) is 23.1 Å². The lowest BCUT2D eigenvalue weighted by atomic mass is 9.90. The monoisotopic (exact) mass is 455 g/mol. The maximum Gasteiger partial charge on any atom is 0.0869 e. The van der Waals surface area contributed by atoms with Crippen LogP contribution >= 0.6 is 23.2 Å². The highest BCUT2D eigenvalue weighted by atomic mass is 35.5. The van der Waals surface area contributed by atoms with E-state index >= 15 is 0 Å². The summed E-state index contributed by atoms with van der Waals surface area (Å²) in [5, 5.41) is 2.45. The zero-order valence-corrected chi connectivity index (χ0v) is 20.0. The zero-order chi connectivity index (χ0) is 22.4. The van der Waals surface area contributed by atoms with E-state index in [2.05, 4.69) is 25.7 Å². The fraction of sp³-hybridized carbons (Fsp3) is 0.346. The summed E-state index contributed by atoms with van der Waals surface area (Å²) < 4.78 is 0. The molecule has 0 aliphatic heterocycles. The number of halogens is 2. The lowest BCUT2D eigenvalue weighted by molar-refractivity contribution is 0.294. The molecular weight excluding hydrogens is 425 g/mol. The molecule has 1 atom stereocenters. The van der Waals surface area contributed by atoms with Crippen LogP contribution in [0.1, 0.15) is 56.4 Å². The molecule has 2 N–H and O–H groups in total. The SMILES string of the molecule is CCN(CC)CCCC(C)c1c(N)c(C=Cc2ccccc2Cl)nc2cc(Cl)ccc12. The summed E-state index contributed by atoms with van der Waals surface area (Å²) in [6.45, 7) is 9.95. The second kappa shape index (κ2) is 11.0. The van der Waals surface area contributed by atoms with Gasteiger partial charge in [0.05, 0.1) is 16.9 Å². The zero-order valence-electron chi connectivity index (χ0n) is 18.5. The minimum absolute atomic E-state index is 0.315. The number of aromatic nitrogens is 1. The molecule has 5 heteroatoms. The molecule has 0 amide bonds. The molecular formula is C26H31Cl2N3. The van der Waals surface area contributed by atoms with Gasteiger partial charge in [-0.15, -0.1) is 0 Å². The summed E-state index contributed by atoms with van der Waals surface area (Å²) in [5.74, 6) is 0.315. The quantitative estimate of drug-likeness (QED) is 0.362. The van der Waals surface area contributed by atoms with Gasteiger partial charge in [0.1, 0.15) is 0 Å². The van der Waals surface area contributed by atoms with E-state index in [1.54, 1.807) is 0 Å². The van der Waals surface area contributed by atoms with Gasteiger partial charge in [0, 0.05) is 15.4 Å². The van der Waals surface area contributed by atoms with E-state index in [1.165, 1.54) is 0 Å². The molecule has 0 aliphatic carbocycles. The van der Waals surface area contributed by atoms with Crippen LogP contribution in [0.15, 0.2) is 42.5 Å². The summed E-state index contributed by atoms with van der Waals surface area (Å²) in [6.07, 6.45) is 6.11. The summed E-state index contributed by atoms with van der Waals surface area (Å²) in [4.78, 5) is 7.27. The Morgan fingerprint density at radius 3 is 2.52 bits per heavy atom. The molecule has 1 unspecified atom stereocenters. The largest absolute Gasteiger partial charge is 0.397 e. The van der Waals surface area contributed by atoms with Gasteiger partial charge in [-0.2, -0.15) is 0 Å². The number of pyridine rings is 1. The molecule has 31 heavy (non-hydrogen) atoms. The standard InChI is InChI=1S/C26H31Cl2N3/c1-4-31(5-2)16-8-9-18(3)25-21-14-13-20(27)17-24(21)30-23(26(25)29)15-12-19-10-6-7-11-22(19)28/h6-7,10-15,17-18H,4-5,8-9,16,29H2,1-3H3. The van der Waals surface area contributed by atoms with Crippen LogP contribution < -0.4 is 5.73 Å². The summed E-state index contributed by atoms with van der Waals surface area (Å²) in [7, 11) is 0. The Bertz CT molecular complexity index is 1060. The second-order valence-electron chi connectivity index (χ2n) is 7.91. The van der Waals surface area contributed by atoms with Crippen molar-refractivity contribution < 1.29 is 0 Å². The van der Waals surface area contributed by atoms with Crippen LogP contribution in [-0.2, 0) is 0 Å². The van der Waals surface area contributed by atoms with E-state index in [0.29, 0.717) is 16.0 Å². The molecule has 0 fully saturated rings. The first-order valence-electron chi connectivity index (χ1n) is 11.0. The topological polar surface area (TPSA) is 42.1 Å². The van der Waals surface area contributed by atoms with E-state index in [-0.39, 0.29) is 0 Å². The molecule has 1 aromatic heterocycles. The number of fused-ring (bicyclic) bond motifs is 1. The number of nitrogens with two attached hydrogens (primary N) is 1. The first-order chi connectivity index (χ1) is 14.9. The number of rotatable bonds is 9. The fourth-order valence-electron chi connectivity index (χ4n) is 4.04. The van der Waals surface area contributed by atoms with Crippen LogP contribution in [-0.4, -0.2) is 29.5 Å². The molecule has 2 aromatic carbocycles. The smallest absolute Gasteiger partial charge is 0.0869 e. The number of hydrogen-bond donors (Lipinski definition) is 1. The lowest BCUT2D eigenvalue weighted by Crippen LogP contribution is -2.24. The first-order valence-corrected chi connectivity index (χ1v) is 11.7. The van der Waals surface area contributed by atoms with Gasteiger partial charge in [0.15, 0.2) is 0 Å².